The van der Waals surface area contributed by atoms with Gasteiger partial charge in [0.1, 0.15) is 0 Å². The maximum Gasteiger partial charge on any atom is 0.232 e. The highest BCUT2D eigenvalue weighted by atomic mass is 32.2. The van der Waals surface area contributed by atoms with E-state index in [1.807, 2.05) is 18.2 Å². The van der Waals surface area contributed by atoms with Crippen molar-refractivity contribution in [3.05, 3.63) is 36.5 Å². The first-order valence-corrected chi connectivity index (χ1v) is 7.32. The van der Waals surface area contributed by atoms with Gasteiger partial charge in [-0.1, -0.05) is 18.2 Å². The van der Waals surface area contributed by atoms with Crippen molar-refractivity contribution >= 4 is 26.6 Å². The summed E-state index contributed by atoms with van der Waals surface area (Å²) in [6.45, 7) is 0.356. The third kappa shape index (κ3) is 2.96. The quantitative estimate of drug-likeness (QED) is 0.854. The van der Waals surface area contributed by atoms with Crippen molar-refractivity contribution in [2.45, 2.75) is 6.42 Å². The lowest BCUT2D eigenvalue weighted by molar-refractivity contribution is 0.599. The van der Waals surface area contributed by atoms with Gasteiger partial charge in [-0.2, -0.15) is 0 Å². The molecule has 0 aliphatic rings. The van der Waals surface area contributed by atoms with Crippen LogP contribution in [0.25, 0.3) is 10.9 Å². The normalized spacial score (nSPS) is 11.6. The molecular formula is C12H15N3O2S. The van der Waals surface area contributed by atoms with E-state index in [1.165, 1.54) is 0 Å². The van der Waals surface area contributed by atoms with Crippen molar-refractivity contribution in [1.29, 1.82) is 0 Å². The Morgan fingerprint density at radius 3 is 2.78 bits per heavy atom. The molecule has 0 unspecified atom stereocenters. The zero-order valence-corrected chi connectivity index (χ0v) is 10.7. The standard InChI is InChI=1S/C12H15N3O2S/c13-7-3-9-18(16,17)15-11-6-1-4-10-5-2-8-14-12(10)11/h1-2,4-6,8,15H,3,7,9,13H2. The molecule has 3 N–H and O–H groups in total. The average Bonchev–Trinajstić information content (AvgIpc) is 2.37. The molecule has 18 heavy (non-hydrogen) atoms. The maximum atomic E-state index is 11.8. The third-order valence-electron chi connectivity index (χ3n) is 2.52. The molecule has 0 aliphatic heterocycles. The molecule has 1 aromatic carbocycles. The number of pyridine rings is 1. The molecule has 2 rings (SSSR count). The third-order valence-corrected chi connectivity index (χ3v) is 3.87. The van der Waals surface area contributed by atoms with Gasteiger partial charge in [-0.05, 0) is 25.1 Å². The van der Waals surface area contributed by atoms with Crippen molar-refractivity contribution < 1.29 is 8.42 Å². The Morgan fingerprint density at radius 2 is 2.00 bits per heavy atom. The summed E-state index contributed by atoms with van der Waals surface area (Å²) in [5.41, 5.74) is 6.47. The number of aromatic nitrogens is 1. The van der Waals surface area contributed by atoms with Gasteiger partial charge in [0.2, 0.25) is 10.0 Å². The number of nitrogens with two attached hydrogens (primary N) is 1. The summed E-state index contributed by atoms with van der Waals surface area (Å²) >= 11 is 0. The van der Waals surface area contributed by atoms with Crippen LogP contribution >= 0.6 is 0 Å². The van der Waals surface area contributed by atoms with Crippen molar-refractivity contribution in [1.82, 2.24) is 4.98 Å². The average molecular weight is 265 g/mol. The molecule has 0 bridgehead atoms. The number of fused-ring (bicyclic) bond motifs is 1. The minimum atomic E-state index is -3.36. The van der Waals surface area contributed by atoms with Crippen LogP contribution < -0.4 is 10.5 Å². The van der Waals surface area contributed by atoms with Crippen LogP contribution in [0.15, 0.2) is 36.5 Å². The number of hydrogen-bond donors (Lipinski definition) is 2. The van der Waals surface area contributed by atoms with Crippen molar-refractivity contribution in [2.75, 3.05) is 17.0 Å². The number of benzene rings is 1. The van der Waals surface area contributed by atoms with Gasteiger partial charge in [0.15, 0.2) is 0 Å². The van der Waals surface area contributed by atoms with Crippen LogP contribution in [0, 0.1) is 0 Å². The second kappa shape index (κ2) is 5.32. The summed E-state index contributed by atoms with van der Waals surface area (Å²) in [5, 5.41) is 0.900. The molecule has 1 heterocycles. The fourth-order valence-corrected chi connectivity index (χ4v) is 2.83. The zero-order valence-electron chi connectivity index (χ0n) is 9.83. The van der Waals surface area contributed by atoms with Gasteiger partial charge < -0.3 is 5.73 Å². The zero-order chi connectivity index (χ0) is 13.0. The SMILES string of the molecule is NCCCS(=O)(=O)Nc1cccc2cccnc12. The monoisotopic (exact) mass is 265 g/mol. The summed E-state index contributed by atoms with van der Waals surface area (Å²) in [4.78, 5) is 4.19. The van der Waals surface area contributed by atoms with Crippen molar-refractivity contribution in [3.8, 4) is 0 Å². The smallest absolute Gasteiger partial charge is 0.232 e. The van der Waals surface area contributed by atoms with Gasteiger partial charge in [0.05, 0.1) is 17.0 Å². The molecule has 0 radical (unpaired) electrons. The maximum absolute atomic E-state index is 11.8. The van der Waals surface area contributed by atoms with Crippen molar-refractivity contribution in [3.63, 3.8) is 0 Å². The number of hydrogen-bond acceptors (Lipinski definition) is 4. The van der Waals surface area contributed by atoms with E-state index in [1.54, 1.807) is 18.3 Å². The Kier molecular flexibility index (Phi) is 3.78. The van der Waals surface area contributed by atoms with Crippen LogP contribution in [0.3, 0.4) is 0 Å². The minimum absolute atomic E-state index is 0.0206. The number of anilines is 1. The molecule has 0 fully saturated rings. The molecule has 6 heteroatoms. The summed E-state index contributed by atoms with van der Waals surface area (Å²) in [7, 11) is -3.36. The van der Waals surface area contributed by atoms with Gasteiger partial charge in [-0.3, -0.25) is 9.71 Å². The predicted octanol–water partition coefficient (Wildman–Crippen LogP) is 1.33. The minimum Gasteiger partial charge on any atom is -0.330 e. The van der Waals surface area contributed by atoms with Gasteiger partial charge in [0.25, 0.3) is 0 Å². The van der Waals surface area contributed by atoms with E-state index in [0.717, 1.165) is 5.39 Å². The Hall–Kier alpha value is -1.66. The first-order chi connectivity index (χ1) is 8.62. The van der Waals surface area contributed by atoms with E-state index in [9.17, 15) is 8.42 Å². The largest absolute Gasteiger partial charge is 0.330 e. The molecule has 2 aromatic rings. The molecule has 1 aromatic heterocycles. The van der Waals surface area contributed by atoms with Gasteiger partial charge in [0, 0.05) is 11.6 Å². The van der Waals surface area contributed by atoms with Gasteiger partial charge in [-0.15, -0.1) is 0 Å². The van der Waals surface area contributed by atoms with E-state index < -0.39 is 10.0 Å². The van der Waals surface area contributed by atoms with E-state index >= 15 is 0 Å². The van der Waals surface area contributed by atoms with Crippen LogP contribution in [0.1, 0.15) is 6.42 Å². The van der Waals surface area contributed by atoms with Crippen molar-refractivity contribution in [2.24, 2.45) is 5.73 Å². The predicted molar refractivity (Wildman–Crippen MR) is 72.8 cm³/mol. The van der Waals surface area contributed by atoms with Crippen LogP contribution in [0.5, 0.6) is 0 Å². The van der Waals surface area contributed by atoms with Gasteiger partial charge in [-0.25, -0.2) is 8.42 Å². The first-order valence-electron chi connectivity index (χ1n) is 5.67. The summed E-state index contributed by atoms with van der Waals surface area (Å²) in [6, 6.07) is 9.09. The topological polar surface area (TPSA) is 85.1 Å². The second-order valence-corrected chi connectivity index (χ2v) is 5.79. The second-order valence-electron chi connectivity index (χ2n) is 3.94. The summed E-state index contributed by atoms with van der Waals surface area (Å²) in [5.74, 6) is 0.0206. The molecule has 5 nitrogen and oxygen atoms in total. The number of rotatable bonds is 5. The lowest BCUT2D eigenvalue weighted by Gasteiger charge is -2.09. The highest BCUT2D eigenvalue weighted by Crippen LogP contribution is 2.21. The molecule has 0 spiro atoms. The summed E-state index contributed by atoms with van der Waals surface area (Å²) in [6.07, 6.45) is 2.08. The fourth-order valence-electron chi connectivity index (χ4n) is 1.68. The molecule has 0 saturated heterocycles. The van der Waals surface area contributed by atoms with E-state index in [0.29, 0.717) is 24.2 Å². The Labute approximate surface area is 106 Å². The number of nitrogens with zero attached hydrogens (tertiary/aromatic N) is 1. The highest BCUT2D eigenvalue weighted by Gasteiger charge is 2.11. The lowest BCUT2D eigenvalue weighted by atomic mass is 10.2. The van der Waals surface area contributed by atoms with Crippen LogP contribution in [0.2, 0.25) is 0 Å². The lowest BCUT2D eigenvalue weighted by Crippen LogP contribution is -2.19. The Bertz CT molecular complexity index is 635. The number of para-hydroxylation sites is 1. The Morgan fingerprint density at radius 1 is 1.22 bits per heavy atom. The molecule has 0 saturated carbocycles. The number of nitrogens with one attached hydrogen (secondary N) is 1. The van der Waals surface area contributed by atoms with E-state index in [2.05, 4.69) is 9.71 Å². The van der Waals surface area contributed by atoms with Gasteiger partial charge >= 0.3 is 0 Å². The fraction of sp³-hybridized carbons (Fsp3) is 0.250. The molecule has 0 amide bonds. The van der Waals surface area contributed by atoms with Crippen LogP contribution in [-0.4, -0.2) is 25.7 Å². The van der Waals surface area contributed by atoms with Crippen LogP contribution in [0.4, 0.5) is 5.69 Å². The molecule has 0 atom stereocenters. The summed E-state index contributed by atoms with van der Waals surface area (Å²) < 4.78 is 26.2. The van der Waals surface area contributed by atoms with Crippen LogP contribution in [-0.2, 0) is 10.0 Å². The molecular weight excluding hydrogens is 250 g/mol. The number of sulfonamides is 1. The van der Waals surface area contributed by atoms with E-state index in [4.69, 9.17) is 5.73 Å². The first kappa shape index (κ1) is 12.8. The van der Waals surface area contributed by atoms with E-state index in [-0.39, 0.29) is 5.75 Å². The molecule has 96 valence electrons. The Balaban J connectivity index is 2.32. The highest BCUT2D eigenvalue weighted by molar-refractivity contribution is 7.92. The molecule has 0 aliphatic carbocycles.